The zero-order valence-corrected chi connectivity index (χ0v) is 17.4. The summed E-state index contributed by atoms with van der Waals surface area (Å²) in [7, 11) is 0. The van der Waals surface area contributed by atoms with Crippen LogP contribution in [0, 0.1) is 0 Å². The van der Waals surface area contributed by atoms with E-state index < -0.39 is 0 Å². The molecule has 4 nitrogen and oxygen atoms in total. The second-order valence-corrected chi connectivity index (χ2v) is 9.13. The molecule has 1 aromatic carbocycles. The molecule has 0 bridgehead atoms. The van der Waals surface area contributed by atoms with Gasteiger partial charge in [0.05, 0.1) is 5.52 Å². The average molecular weight is 381 g/mol. The summed E-state index contributed by atoms with van der Waals surface area (Å²) in [5.74, 6) is 0. The van der Waals surface area contributed by atoms with Crippen LogP contribution in [0.3, 0.4) is 0 Å². The van der Waals surface area contributed by atoms with Crippen LogP contribution in [0.4, 0.5) is 0 Å². The second-order valence-electron chi connectivity index (χ2n) is 9.13. The molecule has 0 N–H and O–H groups in total. The lowest BCUT2D eigenvalue weighted by Crippen LogP contribution is -2.42. The Balaban J connectivity index is 1.34. The van der Waals surface area contributed by atoms with Crippen LogP contribution in [0.25, 0.3) is 10.9 Å². The molecule has 2 aromatic rings. The third kappa shape index (κ3) is 3.81. The number of para-hydroxylation sites is 1. The van der Waals surface area contributed by atoms with Gasteiger partial charge in [0, 0.05) is 50.3 Å². The topological polar surface area (TPSA) is 14.7 Å². The molecule has 3 aliphatic rings. The summed E-state index contributed by atoms with van der Waals surface area (Å²) < 4.78 is 2.48. The molecule has 0 atom stereocenters. The van der Waals surface area contributed by atoms with Gasteiger partial charge in [-0.15, -0.1) is 0 Å². The summed E-state index contributed by atoms with van der Waals surface area (Å²) in [6.45, 7) is 8.51. The van der Waals surface area contributed by atoms with Crippen LogP contribution in [0.1, 0.15) is 56.9 Å². The Morgan fingerprint density at radius 3 is 2.36 bits per heavy atom. The molecular weight excluding hydrogens is 344 g/mol. The number of rotatable bonds is 4. The van der Waals surface area contributed by atoms with Crippen LogP contribution in [-0.2, 0) is 6.54 Å². The summed E-state index contributed by atoms with van der Waals surface area (Å²) in [6, 6.07) is 9.94. The van der Waals surface area contributed by atoms with Crippen LogP contribution in [-0.4, -0.2) is 59.8 Å². The first-order valence-corrected chi connectivity index (χ1v) is 11.7. The second kappa shape index (κ2) is 8.46. The molecule has 0 radical (unpaired) electrons. The molecule has 4 heteroatoms. The monoisotopic (exact) mass is 380 g/mol. The van der Waals surface area contributed by atoms with E-state index in [2.05, 4.69) is 49.9 Å². The van der Waals surface area contributed by atoms with E-state index in [0.29, 0.717) is 0 Å². The minimum atomic E-state index is 0.893. The zero-order valence-electron chi connectivity index (χ0n) is 17.4. The van der Waals surface area contributed by atoms with Crippen LogP contribution in [0.15, 0.2) is 30.5 Å². The molecule has 2 saturated heterocycles. The van der Waals surface area contributed by atoms with Crippen molar-refractivity contribution in [2.24, 2.45) is 0 Å². The summed E-state index contributed by atoms with van der Waals surface area (Å²) in [5, 5.41) is 4.03. The van der Waals surface area contributed by atoms with Crippen molar-refractivity contribution in [3.8, 4) is 0 Å². The van der Waals surface area contributed by atoms with Crippen molar-refractivity contribution in [2.45, 2.75) is 64.0 Å². The molecule has 2 aliphatic heterocycles. The molecule has 0 spiro atoms. The van der Waals surface area contributed by atoms with Gasteiger partial charge in [0.1, 0.15) is 0 Å². The molecule has 1 aromatic heterocycles. The van der Waals surface area contributed by atoms with Crippen molar-refractivity contribution in [3.63, 3.8) is 0 Å². The Bertz CT molecular complexity index is 770. The van der Waals surface area contributed by atoms with E-state index >= 15 is 0 Å². The molecule has 0 unspecified atom stereocenters. The van der Waals surface area contributed by atoms with E-state index in [0.717, 1.165) is 12.6 Å². The van der Waals surface area contributed by atoms with E-state index in [4.69, 9.17) is 0 Å². The molecule has 3 fully saturated rings. The number of benzene rings is 1. The SMILES string of the molecule is c1ccc2c(c1)c(CN1CCCN(C3CCC3)CC1)cn2N1CCCCCC1. The minimum Gasteiger partial charge on any atom is -0.313 e. The molecule has 0 amide bonds. The first-order chi connectivity index (χ1) is 13.9. The van der Waals surface area contributed by atoms with Crippen LogP contribution in [0.2, 0.25) is 0 Å². The molecule has 1 aliphatic carbocycles. The molecular formula is C24H36N4. The highest BCUT2D eigenvalue weighted by atomic mass is 15.5. The predicted octanol–water partition coefficient (Wildman–Crippen LogP) is 4.21. The Hall–Kier alpha value is -1.52. The van der Waals surface area contributed by atoms with Gasteiger partial charge in [-0.3, -0.25) is 14.5 Å². The zero-order chi connectivity index (χ0) is 18.8. The molecule has 28 heavy (non-hydrogen) atoms. The summed E-state index contributed by atoms with van der Waals surface area (Å²) >= 11 is 0. The Labute approximate surface area is 170 Å². The van der Waals surface area contributed by atoms with E-state index in [-0.39, 0.29) is 0 Å². The number of hydrogen-bond donors (Lipinski definition) is 0. The van der Waals surface area contributed by atoms with Gasteiger partial charge in [-0.1, -0.05) is 37.5 Å². The van der Waals surface area contributed by atoms with E-state index in [1.807, 2.05) is 0 Å². The van der Waals surface area contributed by atoms with Gasteiger partial charge >= 0.3 is 0 Å². The van der Waals surface area contributed by atoms with Gasteiger partial charge < -0.3 is 5.01 Å². The fraction of sp³-hybridized carbons (Fsp3) is 0.667. The number of fused-ring (bicyclic) bond motifs is 1. The van der Waals surface area contributed by atoms with Crippen LogP contribution >= 0.6 is 0 Å². The van der Waals surface area contributed by atoms with Crippen LogP contribution < -0.4 is 5.01 Å². The molecule has 5 rings (SSSR count). The third-order valence-electron chi connectivity index (χ3n) is 7.27. The van der Waals surface area contributed by atoms with Crippen molar-refractivity contribution < 1.29 is 0 Å². The maximum absolute atomic E-state index is 2.77. The van der Waals surface area contributed by atoms with Gasteiger partial charge in [-0.25, -0.2) is 0 Å². The first-order valence-electron chi connectivity index (χ1n) is 11.7. The predicted molar refractivity (Wildman–Crippen MR) is 117 cm³/mol. The van der Waals surface area contributed by atoms with Gasteiger partial charge in [0.15, 0.2) is 0 Å². The molecule has 1 saturated carbocycles. The van der Waals surface area contributed by atoms with E-state index in [1.54, 1.807) is 0 Å². The third-order valence-corrected chi connectivity index (χ3v) is 7.27. The Morgan fingerprint density at radius 2 is 1.57 bits per heavy atom. The quantitative estimate of drug-likeness (QED) is 0.789. The van der Waals surface area contributed by atoms with Crippen molar-refractivity contribution in [1.82, 2.24) is 14.5 Å². The summed E-state index contributed by atoms with van der Waals surface area (Å²) in [5.41, 5.74) is 2.90. The molecule has 152 valence electrons. The lowest BCUT2D eigenvalue weighted by atomic mass is 9.91. The lowest BCUT2D eigenvalue weighted by Gasteiger charge is -2.36. The highest BCUT2D eigenvalue weighted by Crippen LogP contribution is 2.27. The van der Waals surface area contributed by atoms with Crippen molar-refractivity contribution >= 4 is 10.9 Å². The lowest BCUT2D eigenvalue weighted by molar-refractivity contribution is 0.130. The smallest absolute Gasteiger partial charge is 0.0698 e. The van der Waals surface area contributed by atoms with Crippen LogP contribution in [0.5, 0.6) is 0 Å². The highest BCUT2D eigenvalue weighted by Gasteiger charge is 2.27. The van der Waals surface area contributed by atoms with Crippen molar-refractivity contribution in [3.05, 3.63) is 36.0 Å². The standard InChI is InChI=1S/C24H36N4/c1-2-6-16-27(15-5-1)28-20-21(23-11-3-4-12-24(23)28)19-25-13-8-14-26(18-17-25)22-9-7-10-22/h3-4,11-12,20,22H,1-2,5-10,13-19H2. The van der Waals surface area contributed by atoms with Crippen molar-refractivity contribution in [1.29, 1.82) is 0 Å². The first kappa shape index (κ1) is 18.5. The largest absolute Gasteiger partial charge is 0.313 e. The van der Waals surface area contributed by atoms with E-state index in [9.17, 15) is 0 Å². The van der Waals surface area contributed by atoms with Gasteiger partial charge in [0.2, 0.25) is 0 Å². The number of aromatic nitrogens is 1. The van der Waals surface area contributed by atoms with Crippen molar-refractivity contribution in [2.75, 3.05) is 44.3 Å². The normalized spacial score (nSPS) is 23.5. The average Bonchev–Trinajstić information content (AvgIpc) is 2.88. The molecule has 3 heterocycles. The number of nitrogens with zero attached hydrogens (tertiary/aromatic N) is 4. The Morgan fingerprint density at radius 1 is 0.750 bits per heavy atom. The summed E-state index contributed by atoms with van der Waals surface area (Å²) in [4.78, 5) is 5.47. The van der Waals surface area contributed by atoms with E-state index in [1.165, 1.54) is 107 Å². The maximum atomic E-state index is 2.77. The minimum absolute atomic E-state index is 0.893. The Kier molecular flexibility index (Phi) is 5.59. The van der Waals surface area contributed by atoms with Gasteiger partial charge in [-0.05, 0) is 56.8 Å². The number of hydrogen-bond acceptors (Lipinski definition) is 3. The fourth-order valence-electron chi connectivity index (χ4n) is 5.37. The van der Waals surface area contributed by atoms with Gasteiger partial charge in [0.25, 0.3) is 0 Å². The highest BCUT2D eigenvalue weighted by molar-refractivity contribution is 5.84. The summed E-state index contributed by atoms with van der Waals surface area (Å²) in [6.07, 6.45) is 13.5. The van der Waals surface area contributed by atoms with Gasteiger partial charge in [-0.2, -0.15) is 0 Å². The fourth-order valence-corrected chi connectivity index (χ4v) is 5.37. The maximum Gasteiger partial charge on any atom is 0.0698 e.